The van der Waals surface area contributed by atoms with E-state index in [2.05, 4.69) is 0 Å². The average molecular weight is 222 g/mol. The molecule has 5 heteroatoms. The van der Waals surface area contributed by atoms with Gasteiger partial charge in [0.05, 0.1) is 13.2 Å². The summed E-state index contributed by atoms with van der Waals surface area (Å²) in [4.78, 5) is 0. The third-order valence-corrected chi connectivity index (χ3v) is 2.70. The molecule has 0 spiro atoms. The Morgan fingerprint density at radius 2 is 2.19 bits per heavy atom. The smallest absolute Gasteiger partial charge is 0.492 e. The van der Waals surface area contributed by atoms with Gasteiger partial charge in [-0.3, -0.25) is 0 Å². The molecule has 0 saturated carbocycles. The van der Waals surface area contributed by atoms with Crippen molar-refractivity contribution in [3.8, 4) is 5.75 Å². The van der Waals surface area contributed by atoms with Gasteiger partial charge in [0.25, 0.3) is 0 Å². The molecule has 1 saturated heterocycles. The SMILES string of the molecule is OB(O)c1ccccc1OCC1CCOC1. The van der Waals surface area contributed by atoms with Gasteiger partial charge in [-0.15, -0.1) is 0 Å². The van der Waals surface area contributed by atoms with Gasteiger partial charge >= 0.3 is 7.12 Å². The molecular weight excluding hydrogens is 207 g/mol. The number of para-hydroxylation sites is 1. The van der Waals surface area contributed by atoms with Crippen LogP contribution in [0.5, 0.6) is 5.75 Å². The van der Waals surface area contributed by atoms with Gasteiger partial charge in [-0.1, -0.05) is 18.2 Å². The zero-order valence-electron chi connectivity index (χ0n) is 9.00. The molecule has 1 unspecified atom stereocenters. The fraction of sp³-hybridized carbons (Fsp3) is 0.455. The first-order valence-corrected chi connectivity index (χ1v) is 5.43. The molecule has 0 radical (unpaired) electrons. The Morgan fingerprint density at radius 3 is 2.88 bits per heavy atom. The third kappa shape index (κ3) is 2.75. The first-order valence-electron chi connectivity index (χ1n) is 5.43. The van der Waals surface area contributed by atoms with E-state index in [4.69, 9.17) is 19.5 Å². The number of rotatable bonds is 4. The van der Waals surface area contributed by atoms with Crippen LogP contribution >= 0.6 is 0 Å². The average Bonchev–Trinajstić information content (AvgIpc) is 2.79. The number of hydrogen-bond acceptors (Lipinski definition) is 4. The van der Waals surface area contributed by atoms with E-state index < -0.39 is 7.12 Å². The zero-order valence-corrected chi connectivity index (χ0v) is 9.00. The molecule has 4 nitrogen and oxygen atoms in total. The summed E-state index contributed by atoms with van der Waals surface area (Å²) in [5, 5.41) is 18.3. The largest absolute Gasteiger partial charge is 0.494 e. The maximum atomic E-state index is 9.15. The van der Waals surface area contributed by atoms with Gasteiger partial charge in [-0.05, 0) is 12.5 Å². The molecule has 1 aromatic rings. The monoisotopic (exact) mass is 222 g/mol. The lowest BCUT2D eigenvalue weighted by molar-refractivity contribution is 0.167. The molecule has 0 aliphatic carbocycles. The first kappa shape index (κ1) is 11.5. The van der Waals surface area contributed by atoms with E-state index in [0.717, 1.165) is 19.6 Å². The van der Waals surface area contributed by atoms with Crippen LogP contribution < -0.4 is 10.2 Å². The summed E-state index contributed by atoms with van der Waals surface area (Å²) in [6.07, 6.45) is 1.00. The fourth-order valence-electron chi connectivity index (χ4n) is 1.75. The van der Waals surface area contributed by atoms with E-state index in [-0.39, 0.29) is 0 Å². The van der Waals surface area contributed by atoms with Crippen molar-refractivity contribution in [1.82, 2.24) is 0 Å². The summed E-state index contributed by atoms with van der Waals surface area (Å²) >= 11 is 0. The quantitative estimate of drug-likeness (QED) is 0.691. The number of hydrogen-bond donors (Lipinski definition) is 2. The molecule has 0 bridgehead atoms. The summed E-state index contributed by atoms with van der Waals surface area (Å²) < 4.78 is 10.8. The van der Waals surface area contributed by atoms with Crippen molar-refractivity contribution < 1.29 is 19.5 Å². The summed E-state index contributed by atoms with van der Waals surface area (Å²) in [5.41, 5.74) is 0.404. The van der Waals surface area contributed by atoms with Crippen LogP contribution in [0, 0.1) is 5.92 Å². The van der Waals surface area contributed by atoms with Gasteiger partial charge in [0.2, 0.25) is 0 Å². The van der Waals surface area contributed by atoms with Crippen LogP contribution in [0.4, 0.5) is 0 Å². The minimum absolute atomic E-state index is 0.404. The van der Waals surface area contributed by atoms with Crippen molar-refractivity contribution in [1.29, 1.82) is 0 Å². The predicted octanol–water partition coefficient (Wildman–Crippen LogP) is -0.218. The van der Waals surface area contributed by atoms with Crippen LogP contribution in [0.15, 0.2) is 24.3 Å². The lowest BCUT2D eigenvalue weighted by atomic mass is 9.79. The number of benzene rings is 1. The van der Waals surface area contributed by atoms with Crippen molar-refractivity contribution in [2.45, 2.75) is 6.42 Å². The molecule has 1 aliphatic rings. The Labute approximate surface area is 95.0 Å². The molecule has 0 amide bonds. The van der Waals surface area contributed by atoms with Gasteiger partial charge in [-0.25, -0.2) is 0 Å². The van der Waals surface area contributed by atoms with E-state index in [1.165, 1.54) is 0 Å². The molecule has 16 heavy (non-hydrogen) atoms. The van der Waals surface area contributed by atoms with E-state index in [1.807, 2.05) is 6.07 Å². The summed E-state index contributed by atoms with van der Waals surface area (Å²) in [5.74, 6) is 0.938. The van der Waals surface area contributed by atoms with Crippen LogP contribution in [-0.2, 0) is 4.74 Å². The normalized spacial score (nSPS) is 19.8. The summed E-state index contributed by atoms with van der Waals surface area (Å²) in [6, 6.07) is 6.95. The van der Waals surface area contributed by atoms with Gasteiger partial charge in [0, 0.05) is 18.0 Å². The van der Waals surface area contributed by atoms with Crippen molar-refractivity contribution in [3.05, 3.63) is 24.3 Å². The van der Waals surface area contributed by atoms with E-state index >= 15 is 0 Å². The Bertz CT molecular complexity index is 337. The lowest BCUT2D eigenvalue weighted by Crippen LogP contribution is -2.31. The highest BCUT2D eigenvalue weighted by molar-refractivity contribution is 6.59. The standard InChI is InChI=1S/C11H15BO4/c13-12(14)10-3-1-2-4-11(10)16-8-9-5-6-15-7-9/h1-4,9,13-14H,5-8H2. The Morgan fingerprint density at radius 1 is 1.38 bits per heavy atom. The van der Waals surface area contributed by atoms with Crippen molar-refractivity contribution in [3.63, 3.8) is 0 Å². The first-order chi connectivity index (χ1) is 7.77. The van der Waals surface area contributed by atoms with Crippen LogP contribution in [0.25, 0.3) is 0 Å². The molecular formula is C11H15BO4. The fourth-order valence-corrected chi connectivity index (χ4v) is 1.75. The highest BCUT2D eigenvalue weighted by Crippen LogP contribution is 2.15. The maximum absolute atomic E-state index is 9.15. The minimum atomic E-state index is -1.49. The summed E-state index contributed by atoms with van der Waals surface area (Å²) in [7, 11) is -1.49. The second-order valence-electron chi connectivity index (χ2n) is 3.95. The minimum Gasteiger partial charge on any atom is -0.494 e. The Balaban J connectivity index is 1.97. The van der Waals surface area contributed by atoms with Gasteiger partial charge in [0.1, 0.15) is 5.75 Å². The second kappa shape index (κ2) is 5.34. The Kier molecular flexibility index (Phi) is 3.82. The van der Waals surface area contributed by atoms with E-state index in [1.54, 1.807) is 18.2 Å². The second-order valence-corrected chi connectivity index (χ2v) is 3.95. The highest BCUT2D eigenvalue weighted by Gasteiger charge is 2.19. The van der Waals surface area contributed by atoms with Crippen molar-refractivity contribution >= 4 is 12.6 Å². The third-order valence-electron chi connectivity index (χ3n) is 2.70. The number of ether oxygens (including phenoxy) is 2. The topological polar surface area (TPSA) is 58.9 Å². The van der Waals surface area contributed by atoms with Crippen LogP contribution in [0.2, 0.25) is 0 Å². The van der Waals surface area contributed by atoms with E-state index in [0.29, 0.717) is 23.7 Å². The molecule has 1 fully saturated rings. The molecule has 1 aromatic carbocycles. The van der Waals surface area contributed by atoms with Crippen molar-refractivity contribution in [2.24, 2.45) is 5.92 Å². The molecule has 0 aromatic heterocycles. The molecule has 2 rings (SSSR count). The lowest BCUT2D eigenvalue weighted by Gasteiger charge is -2.13. The van der Waals surface area contributed by atoms with Gasteiger partial charge in [0.15, 0.2) is 0 Å². The molecule has 2 N–H and O–H groups in total. The predicted molar refractivity (Wildman–Crippen MR) is 60.7 cm³/mol. The van der Waals surface area contributed by atoms with Gasteiger partial charge in [-0.2, -0.15) is 0 Å². The molecule has 86 valence electrons. The maximum Gasteiger partial charge on any atom is 0.492 e. The van der Waals surface area contributed by atoms with Crippen LogP contribution in [0.3, 0.4) is 0 Å². The van der Waals surface area contributed by atoms with Gasteiger partial charge < -0.3 is 19.5 Å². The van der Waals surface area contributed by atoms with Crippen LogP contribution in [-0.4, -0.2) is 37.0 Å². The Hall–Kier alpha value is -1.04. The zero-order chi connectivity index (χ0) is 11.4. The summed E-state index contributed by atoms with van der Waals surface area (Å²) in [6.45, 7) is 2.08. The molecule has 1 aliphatic heterocycles. The van der Waals surface area contributed by atoms with E-state index in [9.17, 15) is 0 Å². The van der Waals surface area contributed by atoms with Crippen molar-refractivity contribution in [2.75, 3.05) is 19.8 Å². The molecule has 1 atom stereocenters. The highest BCUT2D eigenvalue weighted by atomic mass is 16.5. The van der Waals surface area contributed by atoms with Crippen LogP contribution in [0.1, 0.15) is 6.42 Å². The molecule has 1 heterocycles.